The zero-order valence-electron chi connectivity index (χ0n) is 8.54. The van der Waals surface area contributed by atoms with E-state index in [1.54, 1.807) is 6.92 Å². The summed E-state index contributed by atoms with van der Waals surface area (Å²) in [6, 6.07) is 2.10. The van der Waals surface area contributed by atoms with Gasteiger partial charge in [0.1, 0.15) is 0 Å². The maximum atomic E-state index is 13.0. The van der Waals surface area contributed by atoms with Gasteiger partial charge in [0.05, 0.1) is 24.3 Å². The molecule has 0 fully saturated rings. The van der Waals surface area contributed by atoms with Gasteiger partial charge in [-0.3, -0.25) is 4.79 Å². The minimum Gasteiger partial charge on any atom is -0.466 e. The predicted octanol–water partition coefficient (Wildman–Crippen LogP) is 2.26. The number of hydrogen-bond donors (Lipinski definition) is 0. The second kappa shape index (κ2) is 5.48. The third kappa shape index (κ3) is 3.22. The summed E-state index contributed by atoms with van der Waals surface area (Å²) in [4.78, 5) is 14.3. The van der Waals surface area contributed by atoms with Gasteiger partial charge >= 0.3 is 5.97 Å². The van der Waals surface area contributed by atoms with Crippen LogP contribution in [0.4, 0.5) is 13.2 Å². The fourth-order valence-corrected chi connectivity index (χ4v) is 1.10. The van der Waals surface area contributed by atoms with Gasteiger partial charge in [0.25, 0.3) is 6.43 Å². The Morgan fingerprint density at radius 1 is 1.50 bits per heavy atom. The summed E-state index contributed by atoms with van der Waals surface area (Å²) >= 11 is 0. The molecule has 0 aliphatic rings. The van der Waals surface area contributed by atoms with Crippen LogP contribution in [0.1, 0.15) is 24.6 Å². The largest absolute Gasteiger partial charge is 0.466 e. The molecule has 1 heterocycles. The van der Waals surface area contributed by atoms with Crippen molar-refractivity contribution >= 4 is 5.97 Å². The highest BCUT2D eigenvalue weighted by atomic mass is 19.3. The lowest BCUT2D eigenvalue weighted by Gasteiger charge is -2.04. The molecular weight excluding hydrogens is 223 g/mol. The van der Waals surface area contributed by atoms with E-state index in [4.69, 9.17) is 0 Å². The molecule has 0 saturated heterocycles. The molecule has 0 aliphatic heterocycles. The number of rotatable bonds is 4. The Labute approximate surface area is 90.2 Å². The number of ether oxygens (including phenoxy) is 1. The summed E-state index contributed by atoms with van der Waals surface area (Å²) in [6.45, 7) is 1.84. The van der Waals surface area contributed by atoms with E-state index in [9.17, 15) is 18.0 Å². The second-order valence-corrected chi connectivity index (χ2v) is 2.97. The first-order valence-corrected chi connectivity index (χ1v) is 4.63. The van der Waals surface area contributed by atoms with E-state index in [1.165, 1.54) is 6.07 Å². The van der Waals surface area contributed by atoms with Gasteiger partial charge in [-0.1, -0.05) is 0 Å². The first kappa shape index (κ1) is 12.5. The molecule has 0 bridgehead atoms. The number of halogens is 3. The molecule has 0 saturated carbocycles. The average Bonchev–Trinajstić information content (AvgIpc) is 2.17. The first-order valence-electron chi connectivity index (χ1n) is 4.63. The molecule has 1 aromatic heterocycles. The van der Waals surface area contributed by atoms with E-state index in [2.05, 4.69) is 9.72 Å². The van der Waals surface area contributed by atoms with Crippen molar-refractivity contribution in [1.82, 2.24) is 4.98 Å². The number of nitrogens with zero attached hydrogens (tertiary/aromatic N) is 1. The van der Waals surface area contributed by atoms with E-state index >= 15 is 0 Å². The Morgan fingerprint density at radius 3 is 2.69 bits per heavy atom. The Bertz CT molecular complexity index is 382. The molecule has 0 N–H and O–H groups in total. The van der Waals surface area contributed by atoms with Crippen LogP contribution in [-0.4, -0.2) is 17.6 Å². The number of alkyl halides is 2. The quantitative estimate of drug-likeness (QED) is 0.591. The van der Waals surface area contributed by atoms with Crippen molar-refractivity contribution in [2.75, 3.05) is 6.61 Å². The molecule has 0 radical (unpaired) electrons. The van der Waals surface area contributed by atoms with Crippen molar-refractivity contribution in [1.29, 1.82) is 0 Å². The van der Waals surface area contributed by atoms with Crippen LogP contribution in [0.2, 0.25) is 0 Å². The van der Waals surface area contributed by atoms with Gasteiger partial charge in [-0.25, -0.2) is 13.8 Å². The molecule has 16 heavy (non-hydrogen) atoms. The average molecular weight is 233 g/mol. The van der Waals surface area contributed by atoms with Crippen molar-refractivity contribution in [2.45, 2.75) is 19.8 Å². The highest BCUT2D eigenvalue weighted by Crippen LogP contribution is 2.20. The van der Waals surface area contributed by atoms with Crippen LogP contribution in [0.25, 0.3) is 0 Å². The van der Waals surface area contributed by atoms with Gasteiger partial charge in [-0.15, -0.1) is 0 Å². The fraction of sp³-hybridized carbons (Fsp3) is 0.400. The standard InChI is InChI=1S/C10H10F3NO2/c1-2-16-8(15)5-6-3-4-7(9(11)12)10(13)14-6/h3-4,9H,2,5H2,1H3. The molecule has 1 rings (SSSR count). The summed E-state index contributed by atoms with van der Waals surface area (Å²) in [7, 11) is 0. The third-order valence-corrected chi connectivity index (χ3v) is 1.80. The zero-order chi connectivity index (χ0) is 12.1. The number of pyridine rings is 1. The van der Waals surface area contributed by atoms with E-state index in [0.29, 0.717) is 0 Å². The SMILES string of the molecule is CCOC(=O)Cc1ccc(C(F)F)c(F)n1. The lowest BCUT2D eigenvalue weighted by Crippen LogP contribution is -2.10. The topological polar surface area (TPSA) is 39.2 Å². The number of carbonyl (C=O) groups excluding carboxylic acids is 1. The first-order chi connectivity index (χ1) is 7.54. The number of carbonyl (C=O) groups is 1. The molecule has 0 amide bonds. The molecule has 0 aromatic carbocycles. The number of esters is 1. The van der Waals surface area contributed by atoms with E-state index in [0.717, 1.165) is 6.07 Å². The normalized spacial score (nSPS) is 10.6. The molecule has 0 unspecified atom stereocenters. The molecule has 6 heteroatoms. The van der Waals surface area contributed by atoms with Gasteiger partial charge in [-0.2, -0.15) is 4.39 Å². The van der Waals surface area contributed by atoms with Crippen LogP contribution in [-0.2, 0) is 16.0 Å². The predicted molar refractivity (Wildman–Crippen MR) is 49.5 cm³/mol. The minimum atomic E-state index is -2.91. The highest BCUT2D eigenvalue weighted by molar-refractivity contribution is 5.71. The van der Waals surface area contributed by atoms with Crippen molar-refractivity contribution < 1.29 is 22.7 Å². The molecule has 0 aliphatic carbocycles. The van der Waals surface area contributed by atoms with E-state index in [-0.39, 0.29) is 18.7 Å². The maximum absolute atomic E-state index is 13.0. The molecule has 88 valence electrons. The number of aromatic nitrogens is 1. The summed E-state index contributed by atoms with van der Waals surface area (Å²) < 4.78 is 42.0. The van der Waals surface area contributed by atoms with Crippen LogP contribution in [0.15, 0.2) is 12.1 Å². The smallest absolute Gasteiger partial charge is 0.311 e. The van der Waals surface area contributed by atoms with Crippen molar-refractivity contribution in [2.24, 2.45) is 0 Å². The maximum Gasteiger partial charge on any atom is 0.311 e. The zero-order valence-corrected chi connectivity index (χ0v) is 8.54. The van der Waals surface area contributed by atoms with Crippen molar-refractivity contribution in [3.05, 3.63) is 29.3 Å². The van der Waals surface area contributed by atoms with Crippen molar-refractivity contribution in [3.8, 4) is 0 Å². The molecule has 0 spiro atoms. The fourth-order valence-electron chi connectivity index (χ4n) is 1.10. The van der Waals surface area contributed by atoms with Gasteiger partial charge in [0.15, 0.2) is 0 Å². The second-order valence-electron chi connectivity index (χ2n) is 2.97. The Morgan fingerprint density at radius 2 is 2.19 bits per heavy atom. The molecule has 1 aromatic rings. The van der Waals surface area contributed by atoms with Gasteiger partial charge < -0.3 is 4.74 Å². The summed E-state index contributed by atoms with van der Waals surface area (Å²) in [5, 5.41) is 0. The Hall–Kier alpha value is -1.59. The van der Waals surface area contributed by atoms with Crippen LogP contribution >= 0.6 is 0 Å². The lowest BCUT2D eigenvalue weighted by molar-refractivity contribution is -0.142. The van der Waals surface area contributed by atoms with Crippen LogP contribution in [0.3, 0.4) is 0 Å². The molecular formula is C10H10F3NO2. The Balaban J connectivity index is 2.77. The van der Waals surface area contributed by atoms with Gasteiger partial charge in [0, 0.05) is 0 Å². The lowest BCUT2D eigenvalue weighted by atomic mass is 10.2. The third-order valence-electron chi connectivity index (χ3n) is 1.80. The highest BCUT2D eigenvalue weighted by Gasteiger charge is 2.15. The van der Waals surface area contributed by atoms with Crippen LogP contribution < -0.4 is 0 Å². The van der Waals surface area contributed by atoms with Gasteiger partial charge in [-0.05, 0) is 19.1 Å². The van der Waals surface area contributed by atoms with Crippen LogP contribution in [0.5, 0.6) is 0 Å². The van der Waals surface area contributed by atoms with E-state index in [1.807, 2.05) is 0 Å². The van der Waals surface area contributed by atoms with Crippen LogP contribution in [0, 0.1) is 5.95 Å². The summed E-state index contributed by atoms with van der Waals surface area (Å²) in [6.07, 6.45) is -3.14. The summed E-state index contributed by atoms with van der Waals surface area (Å²) in [5.41, 5.74) is -0.701. The molecule has 0 atom stereocenters. The van der Waals surface area contributed by atoms with Crippen molar-refractivity contribution in [3.63, 3.8) is 0 Å². The van der Waals surface area contributed by atoms with E-state index < -0.39 is 23.9 Å². The Kier molecular flexibility index (Phi) is 4.28. The number of hydrogen-bond acceptors (Lipinski definition) is 3. The van der Waals surface area contributed by atoms with Gasteiger partial charge in [0.2, 0.25) is 5.95 Å². The monoisotopic (exact) mass is 233 g/mol. The minimum absolute atomic E-state index is 0.0698. The summed E-state index contributed by atoms with van der Waals surface area (Å²) in [5.74, 6) is -1.82. The molecule has 3 nitrogen and oxygen atoms in total.